The molecular weight excluding hydrogens is 625 g/mol. The number of rotatable bonds is 10. The van der Waals surface area contributed by atoms with Crippen LogP contribution >= 0.6 is 0 Å². The largest absolute Gasteiger partial charge is 0.493 e. The molecule has 1 saturated heterocycles. The molecular formula is C32H31F3N4O6S. The number of sulfonamides is 1. The zero-order valence-corrected chi connectivity index (χ0v) is 25.8. The number of carbonyl (C=O) groups is 1. The average molecular weight is 657 g/mol. The highest BCUT2D eigenvalue weighted by Crippen LogP contribution is 2.38. The van der Waals surface area contributed by atoms with Crippen LogP contribution in [0.3, 0.4) is 0 Å². The Kier molecular flexibility index (Phi) is 9.65. The highest BCUT2D eigenvalue weighted by molar-refractivity contribution is 7.91. The second-order valence-corrected chi connectivity index (χ2v) is 12.3. The summed E-state index contributed by atoms with van der Waals surface area (Å²) in [5, 5.41) is 6.64. The second-order valence-electron chi connectivity index (χ2n) is 10.6. The number of ether oxygens (including phenoxy) is 3. The first-order chi connectivity index (χ1) is 22.0. The van der Waals surface area contributed by atoms with Gasteiger partial charge in [0.2, 0.25) is 15.9 Å². The molecule has 0 radical (unpaired) electrons. The predicted octanol–water partition coefficient (Wildman–Crippen LogP) is 6.27. The number of halogens is 3. The third-order valence-corrected chi connectivity index (χ3v) is 8.72. The fourth-order valence-corrected chi connectivity index (χ4v) is 6.40. The summed E-state index contributed by atoms with van der Waals surface area (Å²) >= 11 is 0. The predicted molar refractivity (Wildman–Crippen MR) is 164 cm³/mol. The number of piperidine rings is 1. The van der Waals surface area contributed by atoms with Gasteiger partial charge >= 0.3 is 6.18 Å². The van der Waals surface area contributed by atoms with Gasteiger partial charge in [0, 0.05) is 24.7 Å². The number of benzene rings is 3. The minimum Gasteiger partial charge on any atom is -0.493 e. The first-order valence-corrected chi connectivity index (χ1v) is 15.9. The standard InChI is InChI=1S/C32H31F3N4O6S/c1-43-27-19-24(18-26(30(27)44-2)38-46(41,42)20-21-6-4-3-5-7-21)31(40)39-16-14-23(15-17-39)22-8-10-25(11-9-22)45-29-13-12-28(36-37-29)32(33,34)35/h3-13,18-19,23,38H,14-17,20H2,1-2H3. The number of nitrogens with zero attached hydrogens (tertiary/aromatic N) is 3. The van der Waals surface area contributed by atoms with Crippen LogP contribution in [-0.2, 0) is 22.0 Å². The molecule has 10 nitrogen and oxygen atoms in total. The quantitative estimate of drug-likeness (QED) is 0.212. The monoisotopic (exact) mass is 656 g/mol. The zero-order chi connectivity index (χ0) is 32.9. The summed E-state index contributed by atoms with van der Waals surface area (Å²) in [5.41, 5.74) is 0.878. The van der Waals surface area contributed by atoms with Crippen LogP contribution in [0.15, 0.2) is 78.9 Å². The molecule has 2 heterocycles. The molecule has 14 heteroatoms. The zero-order valence-electron chi connectivity index (χ0n) is 25.0. The summed E-state index contributed by atoms with van der Waals surface area (Å²) in [7, 11) is -1.05. The number of methoxy groups -OCH3 is 2. The van der Waals surface area contributed by atoms with Crippen molar-refractivity contribution in [2.45, 2.75) is 30.7 Å². The van der Waals surface area contributed by atoms with E-state index in [0.717, 1.165) is 17.7 Å². The average Bonchev–Trinajstić information content (AvgIpc) is 3.04. The lowest BCUT2D eigenvalue weighted by molar-refractivity contribution is -0.141. The van der Waals surface area contributed by atoms with Gasteiger partial charge in [-0.3, -0.25) is 9.52 Å². The molecule has 242 valence electrons. The molecule has 1 aromatic heterocycles. The Labute approximate surface area is 264 Å². The van der Waals surface area contributed by atoms with Crippen LogP contribution in [-0.4, -0.2) is 56.7 Å². The molecule has 0 unspecified atom stereocenters. The number of hydrogen-bond acceptors (Lipinski definition) is 8. The molecule has 0 saturated carbocycles. The number of anilines is 1. The third-order valence-electron chi connectivity index (χ3n) is 7.48. The van der Waals surface area contributed by atoms with Crippen molar-refractivity contribution in [2.24, 2.45) is 0 Å². The minimum atomic E-state index is -4.58. The van der Waals surface area contributed by atoms with Crippen LogP contribution in [0, 0.1) is 0 Å². The van der Waals surface area contributed by atoms with Gasteiger partial charge in [-0.15, -0.1) is 10.2 Å². The van der Waals surface area contributed by atoms with Crippen LogP contribution in [0.1, 0.15) is 45.9 Å². The van der Waals surface area contributed by atoms with Gasteiger partial charge in [0.25, 0.3) is 5.91 Å². The van der Waals surface area contributed by atoms with Crippen molar-refractivity contribution in [1.29, 1.82) is 0 Å². The summed E-state index contributed by atoms with van der Waals surface area (Å²) < 4.78 is 83.1. The lowest BCUT2D eigenvalue weighted by atomic mass is 9.89. The fourth-order valence-electron chi connectivity index (χ4n) is 5.21. The van der Waals surface area contributed by atoms with Crippen molar-refractivity contribution in [3.63, 3.8) is 0 Å². The van der Waals surface area contributed by atoms with Crippen molar-refractivity contribution in [3.8, 4) is 23.1 Å². The van der Waals surface area contributed by atoms with Gasteiger partial charge in [-0.2, -0.15) is 13.2 Å². The molecule has 3 aromatic carbocycles. The Morgan fingerprint density at radius 1 is 0.935 bits per heavy atom. The van der Waals surface area contributed by atoms with Crippen molar-refractivity contribution in [2.75, 3.05) is 32.0 Å². The Morgan fingerprint density at radius 3 is 2.22 bits per heavy atom. The molecule has 1 aliphatic heterocycles. The van der Waals surface area contributed by atoms with Crippen LogP contribution in [0.25, 0.3) is 0 Å². The number of nitrogens with one attached hydrogen (secondary N) is 1. The summed E-state index contributed by atoms with van der Waals surface area (Å²) in [6.45, 7) is 0.929. The van der Waals surface area contributed by atoms with Crippen LogP contribution in [0.4, 0.5) is 18.9 Å². The van der Waals surface area contributed by atoms with Gasteiger partial charge in [-0.1, -0.05) is 42.5 Å². The van der Waals surface area contributed by atoms with Gasteiger partial charge in [0.15, 0.2) is 17.2 Å². The minimum absolute atomic E-state index is 0.0603. The smallest absolute Gasteiger partial charge is 0.435 e. The van der Waals surface area contributed by atoms with E-state index < -0.39 is 21.9 Å². The lowest BCUT2D eigenvalue weighted by Crippen LogP contribution is -2.38. The maximum Gasteiger partial charge on any atom is 0.435 e. The topological polar surface area (TPSA) is 120 Å². The SMILES string of the molecule is COc1cc(C(=O)N2CCC(c3ccc(Oc4ccc(C(F)(F)F)nn4)cc3)CC2)cc(NS(=O)(=O)Cc2ccccc2)c1OC. The number of amides is 1. The molecule has 1 amide bonds. The number of aromatic nitrogens is 2. The lowest BCUT2D eigenvalue weighted by Gasteiger charge is -2.32. The fraction of sp³-hybridized carbons (Fsp3) is 0.281. The van der Waals surface area contributed by atoms with E-state index >= 15 is 0 Å². The highest BCUT2D eigenvalue weighted by Gasteiger charge is 2.33. The first-order valence-electron chi connectivity index (χ1n) is 14.2. The Morgan fingerprint density at radius 2 is 1.63 bits per heavy atom. The van der Waals surface area contributed by atoms with E-state index in [1.165, 1.54) is 26.4 Å². The van der Waals surface area contributed by atoms with E-state index in [2.05, 4.69) is 14.9 Å². The molecule has 5 rings (SSSR count). The normalized spacial score (nSPS) is 14.1. The van der Waals surface area contributed by atoms with Gasteiger partial charge in [-0.25, -0.2) is 8.42 Å². The molecule has 1 fully saturated rings. The summed E-state index contributed by atoms with van der Waals surface area (Å²) in [6.07, 6.45) is -3.22. The van der Waals surface area contributed by atoms with Crippen LogP contribution in [0.5, 0.6) is 23.1 Å². The highest BCUT2D eigenvalue weighted by atomic mass is 32.2. The van der Waals surface area contributed by atoms with Gasteiger partial charge in [0.1, 0.15) is 5.75 Å². The maximum absolute atomic E-state index is 13.6. The number of likely N-dealkylation sites (tertiary alicyclic amines) is 1. The maximum atomic E-state index is 13.6. The molecule has 0 aliphatic carbocycles. The molecule has 1 N–H and O–H groups in total. The van der Waals surface area contributed by atoms with Crippen molar-refractivity contribution >= 4 is 21.6 Å². The van der Waals surface area contributed by atoms with E-state index in [4.69, 9.17) is 14.2 Å². The first kappa shape index (κ1) is 32.5. The van der Waals surface area contributed by atoms with Crippen molar-refractivity contribution in [1.82, 2.24) is 15.1 Å². The third kappa shape index (κ3) is 7.86. The van der Waals surface area contributed by atoms with Crippen LogP contribution < -0.4 is 18.9 Å². The van der Waals surface area contributed by atoms with Crippen LogP contribution in [0.2, 0.25) is 0 Å². The summed E-state index contributed by atoms with van der Waals surface area (Å²) in [4.78, 5) is 15.3. The Hall–Kier alpha value is -4.85. The van der Waals surface area contributed by atoms with E-state index in [1.54, 1.807) is 47.4 Å². The summed E-state index contributed by atoms with van der Waals surface area (Å²) in [5.74, 6) is 0.335. The van der Waals surface area contributed by atoms with Crippen molar-refractivity contribution < 1.29 is 40.6 Å². The van der Waals surface area contributed by atoms with E-state index in [1.807, 2.05) is 12.1 Å². The Balaban J connectivity index is 1.23. The molecule has 1 aliphatic rings. The number of hydrogen-bond donors (Lipinski definition) is 1. The molecule has 4 aromatic rings. The van der Waals surface area contributed by atoms with E-state index in [-0.39, 0.29) is 46.2 Å². The van der Waals surface area contributed by atoms with Crippen molar-refractivity contribution in [3.05, 3.63) is 101 Å². The van der Waals surface area contributed by atoms with Gasteiger partial charge in [0.05, 0.1) is 25.7 Å². The molecule has 0 atom stereocenters. The molecule has 0 spiro atoms. The van der Waals surface area contributed by atoms with Gasteiger partial charge < -0.3 is 19.1 Å². The van der Waals surface area contributed by atoms with E-state index in [0.29, 0.717) is 37.2 Å². The molecule has 0 bridgehead atoms. The Bertz CT molecular complexity index is 1760. The number of carbonyl (C=O) groups excluding carboxylic acids is 1. The second kappa shape index (κ2) is 13.6. The summed E-state index contributed by atoms with van der Waals surface area (Å²) in [6, 6.07) is 20.8. The molecule has 46 heavy (non-hydrogen) atoms. The van der Waals surface area contributed by atoms with Gasteiger partial charge in [-0.05, 0) is 60.2 Å². The van der Waals surface area contributed by atoms with E-state index in [9.17, 15) is 26.4 Å². The number of alkyl halides is 3.